The van der Waals surface area contributed by atoms with E-state index in [1.807, 2.05) is 29.0 Å². The van der Waals surface area contributed by atoms with E-state index >= 15 is 0 Å². The van der Waals surface area contributed by atoms with Crippen LogP contribution in [0, 0.1) is 0 Å². The zero-order chi connectivity index (χ0) is 17.5. The van der Waals surface area contributed by atoms with Gasteiger partial charge in [0.2, 0.25) is 11.7 Å². The molecule has 0 radical (unpaired) electrons. The van der Waals surface area contributed by atoms with Gasteiger partial charge in [-0.1, -0.05) is 6.07 Å². The first kappa shape index (κ1) is 18.4. The van der Waals surface area contributed by atoms with Crippen molar-refractivity contribution >= 4 is 5.91 Å². The molecule has 1 aliphatic rings. The molecule has 0 bridgehead atoms. The van der Waals surface area contributed by atoms with E-state index in [4.69, 9.17) is 14.2 Å². The number of benzene rings is 1. The summed E-state index contributed by atoms with van der Waals surface area (Å²) >= 11 is 0. The van der Waals surface area contributed by atoms with Gasteiger partial charge in [0.15, 0.2) is 11.5 Å². The Hall–Kier alpha value is -1.99. The van der Waals surface area contributed by atoms with E-state index in [1.54, 1.807) is 21.3 Å². The number of hydrogen-bond acceptors (Lipinski definition) is 6. The molecule has 1 amide bonds. The fourth-order valence-corrected chi connectivity index (χ4v) is 2.88. The molecule has 0 atom stereocenters. The predicted molar refractivity (Wildman–Crippen MR) is 91.9 cm³/mol. The lowest BCUT2D eigenvalue weighted by molar-refractivity contribution is -0.132. The minimum atomic E-state index is 0.151. The van der Waals surface area contributed by atoms with E-state index in [9.17, 15) is 4.79 Å². The minimum Gasteiger partial charge on any atom is -0.493 e. The van der Waals surface area contributed by atoms with E-state index in [2.05, 4.69) is 5.32 Å². The lowest BCUT2D eigenvalue weighted by atomic mass is 10.1. The zero-order valence-electron chi connectivity index (χ0n) is 14.9. The molecule has 7 heteroatoms. The number of hydrogen-bond donors (Lipinski definition) is 1. The van der Waals surface area contributed by atoms with Crippen molar-refractivity contribution < 1.29 is 19.0 Å². The van der Waals surface area contributed by atoms with Gasteiger partial charge in [-0.15, -0.1) is 0 Å². The van der Waals surface area contributed by atoms with Gasteiger partial charge in [-0.25, -0.2) is 0 Å². The van der Waals surface area contributed by atoms with Gasteiger partial charge in [0.05, 0.1) is 27.9 Å². The highest BCUT2D eigenvalue weighted by Gasteiger charge is 2.20. The van der Waals surface area contributed by atoms with Gasteiger partial charge in [-0.05, 0) is 13.1 Å². The summed E-state index contributed by atoms with van der Waals surface area (Å²) in [4.78, 5) is 16.2. The zero-order valence-corrected chi connectivity index (χ0v) is 14.9. The van der Waals surface area contributed by atoms with Crippen LogP contribution >= 0.6 is 0 Å². The normalized spacial score (nSPS) is 14.6. The molecule has 1 aromatic rings. The Morgan fingerprint density at radius 1 is 1.12 bits per heavy atom. The number of piperazine rings is 1. The Morgan fingerprint density at radius 3 is 2.38 bits per heavy atom. The summed E-state index contributed by atoms with van der Waals surface area (Å²) in [5, 5.41) is 3.25. The van der Waals surface area contributed by atoms with Crippen molar-refractivity contribution in [2.75, 3.05) is 61.1 Å². The second-order valence-corrected chi connectivity index (χ2v) is 5.80. The van der Waals surface area contributed by atoms with Crippen LogP contribution in [0.3, 0.4) is 0 Å². The van der Waals surface area contributed by atoms with Crippen LogP contribution in [0.2, 0.25) is 0 Å². The third-order valence-electron chi connectivity index (χ3n) is 4.10. The third kappa shape index (κ3) is 4.30. The van der Waals surface area contributed by atoms with E-state index < -0.39 is 0 Å². The standard InChI is InChI=1S/C17H27N3O4/c1-19(12-15(21)20-9-7-18-8-10-20)11-13-5-6-14(22-2)17(24-4)16(13)23-3/h5-6,18H,7-12H2,1-4H3. The van der Waals surface area contributed by atoms with Crippen LogP contribution in [-0.2, 0) is 11.3 Å². The number of carbonyl (C=O) groups is 1. The number of ether oxygens (including phenoxy) is 3. The van der Waals surface area contributed by atoms with Crippen molar-refractivity contribution in [3.63, 3.8) is 0 Å². The van der Waals surface area contributed by atoms with E-state index in [0.717, 1.165) is 31.7 Å². The molecule has 0 aliphatic carbocycles. The largest absolute Gasteiger partial charge is 0.493 e. The maximum absolute atomic E-state index is 12.4. The second-order valence-electron chi connectivity index (χ2n) is 5.80. The Labute approximate surface area is 143 Å². The fourth-order valence-electron chi connectivity index (χ4n) is 2.88. The molecular weight excluding hydrogens is 310 g/mol. The third-order valence-corrected chi connectivity index (χ3v) is 4.10. The average molecular weight is 337 g/mol. The summed E-state index contributed by atoms with van der Waals surface area (Å²) in [6, 6.07) is 3.79. The van der Waals surface area contributed by atoms with E-state index in [0.29, 0.717) is 30.3 Å². The highest BCUT2D eigenvalue weighted by Crippen LogP contribution is 2.40. The van der Waals surface area contributed by atoms with Gasteiger partial charge in [-0.2, -0.15) is 0 Å². The number of nitrogens with one attached hydrogen (secondary N) is 1. The number of carbonyl (C=O) groups excluding carboxylic acids is 1. The van der Waals surface area contributed by atoms with Crippen LogP contribution < -0.4 is 19.5 Å². The highest BCUT2D eigenvalue weighted by atomic mass is 16.5. The molecule has 134 valence electrons. The Bertz CT molecular complexity index is 559. The lowest BCUT2D eigenvalue weighted by Crippen LogP contribution is -2.49. The van der Waals surface area contributed by atoms with Crippen molar-refractivity contribution in [1.82, 2.24) is 15.1 Å². The van der Waals surface area contributed by atoms with Gasteiger partial charge >= 0.3 is 0 Å². The molecule has 1 aromatic carbocycles. The molecule has 1 heterocycles. The molecule has 0 spiro atoms. The highest BCUT2D eigenvalue weighted by molar-refractivity contribution is 5.78. The first-order valence-electron chi connectivity index (χ1n) is 8.05. The summed E-state index contributed by atoms with van der Waals surface area (Å²) in [5.41, 5.74) is 0.950. The van der Waals surface area contributed by atoms with Gasteiger partial charge in [-0.3, -0.25) is 9.69 Å². The van der Waals surface area contributed by atoms with Crippen LogP contribution in [0.15, 0.2) is 12.1 Å². The number of rotatable bonds is 7. The predicted octanol–water partition coefficient (Wildman–Crippen LogP) is 0.576. The van der Waals surface area contributed by atoms with Crippen molar-refractivity contribution in [3.05, 3.63) is 17.7 Å². The number of likely N-dealkylation sites (N-methyl/N-ethyl adjacent to an activating group) is 1. The molecule has 0 aromatic heterocycles. The van der Waals surface area contributed by atoms with Crippen molar-refractivity contribution in [1.29, 1.82) is 0 Å². The molecule has 7 nitrogen and oxygen atoms in total. The fraction of sp³-hybridized carbons (Fsp3) is 0.588. The first-order chi connectivity index (χ1) is 11.6. The minimum absolute atomic E-state index is 0.151. The summed E-state index contributed by atoms with van der Waals surface area (Å²) in [6.45, 7) is 4.22. The van der Waals surface area contributed by atoms with Crippen molar-refractivity contribution in [2.45, 2.75) is 6.54 Å². The molecule has 2 rings (SSSR count). The second kappa shape index (κ2) is 8.75. The van der Waals surface area contributed by atoms with Gasteiger partial charge < -0.3 is 24.4 Å². The molecule has 1 aliphatic heterocycles. The maximum atomic E-state index is 12.4. The summed E-state index contributed by atoms with van der Waals surface area (Å²) in [6.07, 6.45) is 0. The summed E-state index contributed by atoms with van der Waals surface area (Å²) in [5.74, 6) is 1.98. The monoisotopic (exact) mass is 337 g/mol. The van der Waals surface area contributed by atoms with Crippen LogP contribution in [0.4, 0.5) is 0 Å². The van der Waals surface area contributed by atoms with Crippen LogP contribution in [0.5, 0.6) is 17.2 Å². The van der Waals surface area contributed by atoms with Crippen LogP contribution in [0.1, 0.15) is 5.56 Å². The van der Waals surface area contributed by atoms with E-state index in [-0.39, 0.29) is 5.91 Å². The molecule has 1 N–H and O–H groups in total. The van der Waals surface area contributed by atoms with Crippen LogP contribution in [0.25, 0.3) is 0 Å². The Balaban J connectivity index is 2.05. The topological polar surface area (TPSA) is 63.3 Å². The molecule has 1 saturated heterocycles. The lowest BCUT2D eigenvalue weighted by Gasteiger charge is -2.29. The summed E-state index contributed by atoms with van der Waals surface area (Å²) < 4.78 is 16.2. The molecule has 1 fully saturated rings. The van der Waals surface area contributed by atoms with Crippen molar-refractivity contribution in [2.24, 2.45) is 0 Å². The SMILES string of the molecule is COc1ccc(CN(C)CC(=O)N2CCNCC2)c(OC)c1OC. The number of methoxy groups -OCH3 is 3. The van der Waals surface area contributed by atoms with Gasteiger partial charge in [0, 0.05) is 38.3 Å². The number of nitrogens with zero attached hydrogens (tertiary/aromatic N) is 2. The van der Waals surface area contributed by atoms with E-state index in [1.165, 1.54) is 0 Å². The summed E-state index contributed by atoms with van der Waals surface area (Å²) in [7, 11) is 6.71. The average Bonchev–Trinajstić information content (AvgIpc) is 2.61. The molecule has 0 saturated carbocycles. The molecule has 0 unspecified atom stereocenters. The smallest absolute Gasteiger partial charge is 0.236 e. The van der Waals surface area contributed by atoms with Crippen LogP contribution in [-0.4, -0.2) is 76.8 Å². The van der Waals surface area contributed by atoms with Crippen molar-refractivity contribution in [3.8, 4) is 17.2 Å². The number of amides is 1. The van der Waals surface area contributed by atoms with Gasteiger partial charge in [0.1, 0.15) is 0 Å². The maximum Gasteiger partial charge on any atom is 0.236 e. The molecular formula is C17H27N3O4. The molecule has 24 heavy (non-hydrogen) atoms. The quantitative estimate of drug-likeness (QED) is 0.785. The van der Waals surface area contributed by atoms with Gasteiger partial charge in [0.25, 0.3) is 0 Å². The Morgan fingerprint density at radius 2 is 1.79 bits per heavy atom. The Kier molecular flexibility index (Phi) is 6.69. The first-order valence-corrected chi connectivity index (χ1v) is 8.05.